The molecule has 1 aliphatic rings. The highest BCUT2D eigenvalue weighted by Crippen LogP contribution is 2.26. The van der Waals surface area contributed by atoms with Crippen molar-refractivity contribution in [1.29, 1.82) is 0 Å². The van der Waals surface area contributed by atoms with Crippen molar-refractivity contribution in [2.24, 2.45) is 0 Å². The molecule has 5 rings (SSSR count). The molecule has 1 fully saturated rings. The van der Waals surface area contributed by atoms with E-state index in [4.69, 9.17) is 4.74 Å². The number of hydrogen-bond acceptors (Lipinski definition) is 5. The van der Waals surface area contributed by atoms with Gasteiger partial charge in [-0.2, -0.15) is 0 Å². The van der Waals surface area contributed by atoms with E-state index < -0.39 is 0 Å². The molecule has 1 saturated heterocycles. The van der Waals surface area contributed by atoms with E-state index in [1.165, 1.54) is 0 Å². The molecule has 140 valence electrons. The highest BCUT2D eigenvalue weighted by molar-refractivity contribution is 5.84. The summed E-state index contributed by atoms with van der Waals surface area (Å²) in [4.78, 5) is 19.0. The van der Waals surface area contributed by atoms with Crippen molar-refractivity contribution in [2.45, 2.75) is 19.1 Å². The van der Waals surface area contributed by atoms with Gasteiger partial charge in [0.2, 0.25) is 5.91 Å². The monoisotopic (exact) mass is 373 g/mol. The van der Waals surface area contributed by atoms with Gasteiger partial charge in [-0.1, -0.05) is 35.5 Å². The Morgan fingerprint density at radius 3 is 2.96 bits per heavy atom. The average molecular weight is 373 g/mol. The van der Waals surface area contributed by atoms with Gasteiger partial charge in [0.25, 0.3) is 0 Å². The number of carbonyl (C=O) groups excluding carboxylic acids is 1. The quantitative estimate of drug-likeness (QED) is 0.550. The van der Waals surface area contributed by atoms with E-state index in [0.717, 1.165) is 34.1 Å². The number of hydrogen-bond donors (Lipinski definition) is 0. The van der Waals surface area contributed by atoms with Crippen LogP contribution < -0.4 is 4.74 Å². The Bertz CT molecular complexity index is 1150. The number of fused-ring (bicyclic) bond motifs is 2. The highest BCUT2D eigenvalue weighted by Gasteiger charge is 2.28. The first-order valence-electron chi connectivity index (χ1n) is 9.34. The maximum Gasteiger partial charge on any atom is 0.244 e. The minimum absolute atomic E-state index is 0.0257. The van der Waals surface area contributed by atoms with Gasteiger partial charge in [-0.15, -0.1) is 5.10 Å². The van der Waals surface area contributed by atoms with Gasteiger partial charge in [0.1, 0.15) is 29.4 Å². The molecule has 0 saturated carbocycles. The molecule has 0 radical (unpaired) electrons. The Kier molecular flexibility index (Phi) is 4.12. The van der Waals surface area contributed by atoms with E-state index in [1.807, 2.05) is 59.5 Å². The molecular formula is C21H19N5O2. The van der Waals surface area contributed by atoms with E-state index in [9.17, 15) is 4.79 Å². The molecule has 2 aromatic heterocycles. The summed E-state index contributed by atoms with van der Waals surface area (Å²) in [5.41, 5.74) is 2.51. The number of rotatable bonds is 4. The van der Waals surface area contributed by atoms with Crippen LogP contribution in [0, 0.1) is 0 Å². The number of amides is 1. The van der Waals surface area contributed by atoms with E-state index in [1.54, 1.807) is 10.9 Å². The Morgan fingerprint density at radius 1 is 1.11 bits per heavy atom. The zero-order valence-corrected chi connectivity index (χ0v) is 15.2. The van der Waals surface area contributed by atoms with Crippen LogP contribution in [-0.4, -0.2) is 50.0 Å². The van der Waals surface area contributed by atoms with Crippen molar-refractivity contribution >= 4 is 27.8 Å². The van der Waals surface area contributed by atoms with Gasteiger partial charge in [-0.3, -0.25) is 9.78 Å². The highest BCUT2D eigenvalue weighted by atomic mass is 16.5. The molecule has 0 spiro atoms. The molecular weight excluding hydrogens is 354 g/mol. The second kappa shape index (κ2) is 6.92. The number of ether oxygens (including phenoxy) is 1. The fraction of sp³-hybridized carbons (Fsp3) is 0.238. The fourth-order valence-corrected chi connectivity index (χ4v) is 3.66. The lowest BCUT2D eigenvalue weighted by Gasteiger charge is -2.18. The molecule has 28 heavy (non-hydrogen) atoms. The number of benzene rings is 2. The molecule has 7 nitrogen and oxygen atoms in total. The topological polar surface area (TPSA) is 73.1 Å². The van der Waals surface area contributed by atoms with Gasteiger partial charge in [0, 0.05) is 24.5 Å². The summed E-state index contributed by atoms with van der Waals surface area (Å²) >= 11 is 0. The van der Waals surface area contributed by atoms with Crippen molar-refractivity contribution < 1.29 is 9.53 Å². The molecule has 1 amide bonds. The zero-order valence-electron chi connectivity index (χ0n) is 15.2. The van der Waals surface area contributed by atoms with E-state index >= 15 is 0 Å². The fourth-order valence-electron chi connectivity index (χ4n) is 3.66. The predicted octanol–water partition coefficient (Wildman–Crippen LogP) is 2.66. The van der Waals surface area contributed by atoms with Crippen LogP contribution in [-0.2, 0) is 11.3 Å². The maximum absolute atomic E-state index is 12.7. The van der Waals surface area contributed by atoms with Crippen molar-refractivity contribution in [3.63, 3.8) is 0 Å². The average Bonchev–Trinajstić information content (AvgIpc) is 3.36. The summed E-state index contributed by atoms with van der Waals surface area (Å²) < 4.78 is 7.84. The minimum atomic E-state index is -0.0379. The van der Waals surface area contributed by atoms with E-state index in [0.29, 0.717) is 13.1 Å². The largest absolute Gasteiger partial charge is 0.486 e. The van der Waals surface area contributed by atoms with Crippen LogP contribution in [0.25, 0.3) is 21.9 Å². The number of carbonyl (C=O) groups is 1. The number of likely N-dealkylation sites (tertiary alicyclic amines) is 1. The first kappa shape index (κ1) is 16.7. The van der Waals surface area contributed by atoms with Crippen LogP contribution in [0.1, 0.15) is 6.42 Å². The second-order valence-corrected chi connectivity index (χ2v) is 6.94. The third kappa shape index (κ3) is 3.05. The first-order chi connectivity index (χ1) is 13.8. The molecule has 1 aliphatic heterocycles. The zero-order chi connectivity index (χ0) is 18.9. The van der Waals surface area contributed by atoms with Crippen LogP contribution >= 0.6 is 0 Å². The lowest BCUT2D eigenvalue weighted by molar-refractivity contribution is -0.131. The number of para-hydroxylation sites is 2. The van der Waals surface area contributed by atoms with Crippen LogP contribution in [0.5, 0.6) is 5.75 Å². The Hall–Kier alpha value is -3.48. The Labute approximate surface area is 161 Å². The summed E-state index contributed by atoms with van der Waals surface area (Å²) in [6.07, 6.45) is 2.53. The van der Waals surface area contributed by atoms with E-state index in [2.05, 4.69) is 15.3 Å². The van der Waals surface area contributed by atoms with Crippen molar-refractivity contribution in [3.8, 4) is 5.75 Å². The van der Waals surface area contributed by atoms with Gasteiger partial charge >= 0.3 is 0 Å². The predicted molar refractivity (Wildman–Crippen MR) is 105 cm³/mol. The van der Waals surface area contributed by atoms with Crippen molar-refractivity contribution in [2.75, 3.05) is 13.1 Å². The summed E-state index contributed by atoms with van der Waals surface area (Å²) in [7, 11) is 0. The molecule has 0 aliphatic carbocycles. The number of pyridine rings is 1. The molecule has 0 N–H and O–H groups in total. The summed E-state index contributed by atoms with van der Waals surface area (Å²) in [5, 5.41) is 9.26. The van der Waals surface area contributed by atoms with E-state index in [-0.39, 0.29) is 18.6 Å². The third-order valence-corrected chi connectivity index (χ3v) is 5.09. The molecule has 1 atom stereocenters. The molecule has 0 unspecified atom stereocenters. The third-order valence-electron chi connectivity index (χ3n) is 5.09. The molecule has 4 aromatic rings. The number of nitrogens with zero attached hydrogens (tertiary/aromatic N) is 5. The first-order valence-corrected chi connectivity index (χ1v) is 9.34. The summed E-state index contributed by atoms with van der Waals surface area (Å²) in [6, 6.07) is 17.5. The Balaban J connectivity index is 1.27. The van der Waals surface area contributed by atoms with Gasteiger partial charge in [0.05, 0.1) is 12.1 Å². The standard InChI is InChI=1S/C21H19N5O2/c27-20(14-26-18-8-2-1-7-17(18)23-24-26)25-12-10-16(13-25)28-19-9-3-5-15-6-4-11-22-21(15)19/h1-9,11,16H,10,12-14H2/t16-/m1/s1. The van der Waals surface area contributed by atoms with Crippen molar-refractivity contribution in [3.05, 3.63) is 60.8 Å². The smallest absolute Gasteiger partial charge is 0.244 e. The van der Waals surface area contributed by atoms with Crippen molar-refractivity contribution in [1.82, 2.24) is 24.9 Å². The number of aromatic nitrogens is 4. The lowest BCUT2D eigenvalue weighted by atomic mass is 10.2. The molecule has 0 bridgehead atoms. The second-order valence-electron chi connectivity index (χ2n) is 6.94. The van der Waals surface area contributed by atoms with Crippen LogP contribution in [0.15, 0.2) is 60.8 Å². The summed E-state index contributed by atoms with van der Waals surface area (Å²) in [5.74, 6) is 0.789. The summed E-state index contributed by atoms with van der Waals surface area (Å²) in [6.45, 7) is 1.42. The van der Waals surface area contributed by atoms with Gasteiger partial charge in [-0.25, -0.2) is 4.68 Å². The lowest BCUT2D eigenvalue weighted by Crippen LogP contribution is -2.33. The van der Waals surface area contributed by atoms with Gasteiger partial charge in [0.15, 0.2) is 0 Å². The van der Waals surface area contributed by atoms with Gasteiger partial charge in [-0.05, 0) is 24.3 Å². The van der Waals surface area contributed by atoms with Crippen LogP contribution in [0.4, 0.5) is 0 Å². The van der Waals surface area contributed by atoms with Crippen LogP contribution in [0.2, 0.25) is 0 Å². The minimum Gasteiger partial charge on any atom is -0.486 e. The SMILES string of the molecule is O=C(Cn1nnc2ccccc21)N1CC[C@@H](Oc2cccc3cccnc23)C1. The Morgan fingerprint density at radius 2 is 2.00 bits per heavy atom. The normalized spacial score (nSPS) is 16.7. The van der Waals surface area contributed by atoms with Crippen LogP contribution in [0.3, 0.4) is 0 Å². The van der Waals surface area contributed by atoms with Gasteiger partial charge < -0.3 is 9.64 Å². The molecule has 2 aromatic carbocycles. The molecule has 3 heterocycles. The molecule has 7 heteroatoms. The maximum atomic E-state index is 12.7.